The Morgan fingerprint density at radius 2 is 2.29 bits per heavy atom. The summed E-state index contributed by atoms with van der Waals surface area (Å²) < 4.78 is 11.3. The molecule has 0 aliphatic carbocycles. The van der Waals surface area contributed by atoms with E-state index in [1.165, 1.54) is 11.3 Å². The number of hydrogen-bond acceptors (Lipinski definition) is 6. The highest BCUT2D eigenvalue weighted by Gasteiger charge is 2.16. The van der Waals surface area contributed by atoms with E-state index in [9.17, 15) is 5.26 Å². The average molecular weight is 362 g/mol. The first kappa shape index (κ1) is 16.7. The molecule has 124 valence electrons. The van der Waals surface area contributed by atoms with Gasteiger partial charge in [0, 0.05) is 23.7 Å². The number of nitriles is 1. The molecule has 1 aliphatic heterocycles. The van der Waals surface area contributed by atoms with E-state index in [1.54, 1.807) is 6.21 Å². The molecule has 1 aromatic carbocycles. The smallest absolute Gasteiger partial charge is 0.179 e. The number of thiazole rings is 1. The van der Waals surface area contributed by atoms with Crippen LogP contribution in [0, 0.1) is 18.3 Å². The molecule has 24 heavy (non-hydrogen) atoms. The van der Waals surface area contributed by atoms with Gasteiger partial charge in [0.25, 0.3) is 0 Å². The van der Waals surface area contributed by atoms with Crippen LogP contribution in [0.5, 0.6) is 11.5 Å². The van der Waals surface area contributed by atoms with Gasteiger partial charge in [-0.3, -0.25) is 4.99 Å². The lowest BCUT2D eigenvalue weighted by Gasteiger charge is -2.10. The average Bonchev–Trinajstić information content (AvgIpc) is 2.85. The summed E-state index contributed by atoms with van der Waals surface area (Å²) in [5.74, 6) is 0.812. The monoisotopic (exact) mass is 361 g/mol. The minimum Gasteiger partial charge on any atom is -0.489 e. The molecule has 0 amide bonds. The lowest BCUT2D eigenvalue weighted by molar-refractivity contribution is 0.297. The van der Waals surface area contributed by atoms with Crippen LogP contribution in [-0.4, -0.2) is 24.4 Å². The summed E-state index contributed by atoms with van der Waals surface area (Å²) in [6.45, 7) is 3.53. The van der Waals surface area contributed by atoms with Crippen LogP contribution in [0.1, 0.15) is 28.6 Å². The van der Waals surface area contributed by atoms with Crippen LogP contribution in [0.4, 0.5) is 0 Å². The normalized spacial score (nSPS) is 15.0. The van der Waals surface area contributed by atoms with Crippen molar-refractivity contribution < 1.29 is 9.47 Å². The van der Waals surface area contributed by atoms with Crippen molar-refractivity contribution in [1.82, 2.24) is 4.98 Å². The molecule has 0 fully saturated rings. The molecule has 0 unspecified atom stereocenters. The number of aromatic nitrogens is 1. The van der Waals surface area contributed by atoms with Gasteiger partial charge in [0.2, 0.25) is 0 Å². The number of fused-ring (bicyclic) bond motifs is 1. The largest absolute Gasteiger partial charge is 0.489 e. The molecule has 0 saturated carbocycles. The molecule has 3 rings (SSSR count). The number of hydrogen-bond donors (Lipinski definition) is 0. The number of aliphatic imine (C=N–C) groups is 1. The second kappa shape index (κ2) is 7.65. The van der Waals surface area contributed by atoms with Crippen molar-refractivity contribution >= 4 is 29.2 Å². The van der Waals surface area contributed by atoms with E-state index in [-0.39, 0.29) is 0 Å². The maximum atomic E-state index is 9.29. The molecule has 0 spiro atoms. The van der Waals surface area contributed by atoms with Crippen molar-refractivity contribution in [2.24, 2.45) is 4.99 Å². The maximum Gasteiger partial charge on any atom is 0.179 e. The first-order chi connectivity index (χ1) is 11.7. The molecule has 2 aromatic rings. The second-order valence-corrected chi connectivity index (χ2v) is 6.68. The van der Waals surface area contributed by atoms with E-state index in [2.05, 4.69) is 16.0 Å². The van der Waals surface area contributed by atoms with Crippen molar-refractivity contribution in [2.45, 2.75) is 25.8 Å². The van der Waals surface area contributed by atoms with Crippen LogP contribution >= 0.6 is 22.9 Å². The summed E-state index contributed by atoms with van der Waals surface area (Å²) >= 11 is 7.74. The maximum absolute atomic E-state index is 9.29. The fourth-order valence-corrected chi connectivity index (χ4v) is 3.40. The van der Waals surface area contributed by atoms with E-state index in [0.717, 1.165) is 22.7 Å². The van der Waals surface area contributed by atoms with Crippen LogP contribution in [0.25, 0.3) is 0 Å². The first-order valence-corrected chi connectivity index (χ1v) is 8.82. The summed E-state index contributed by atoms with van der Waals surface area (Å²) in [7, 11) is 0. The standard InChI is InChI=1S/C17H16ClN3O2S/c1-11-10-24-17(21-11)13(7-19)9-20-8-12-5-14(18)16-15(6-12)22-3-2-4-23-16/h5-6,9-10,13H,2-4,8H2,1H3/t13-/m0/s1. The van der Waals surface area contributed by atoms with Gasteiger partial charge < -0.3 is 9.47 Å². The third kappa shape index (κ3) is 3.86. The van der Waals surface area contributed by atoms with Crippen LogP contribution in [0.15, 0.2) is 22.5 Å². The molecular formula is C17H16ClN3O2S. The number of rotatable bonds is 4. The number of ether oxygens (including phenoxy) is 2. The Balaban J connectivity index is 1.73. The third-order valence-electron chi connectivity index (χ3n) is 3.43. The summed E-state index contributed by atoms with van der Waals surface area (Å²) in [4.78, 5) is 8.71. The highest BCUT2D eigenvalue weighted by atomic mass is 35.5. The van der Waals surface area contributed by atoms with Crippen LogP contribution < -0.4 is 9.47 Å². The van der Waals surface area contributed by atoms with Crippen molar-refractivity contribution in [1.29, 1.82) is 5.26 Å². The second-order valence-electron chi connectivity index (χ2n) is 5.38. The van der Waals surface area contributed by atoms with Gasteiger partial charge >= 0.3 is 0 Å². The Kier molecular flexibility index (Phi) is 5.34. The van der Waals surface area contributed by atoms with Gasteiger partial charge in [-0.15, -0.1) is 11.3 Å². The van der Waals surface area contributed by atoms with Crippen molar-refractivity contribution in [3.63, 3.8) is 0 Å². The van der Waals surface area contributed by atoms with Crippen LogP contribution in [0.2, 0.25) is 5.02 Å². The van der Waals surface area contributed by atoms with Gasteiger partial charge in [-0.25, -0.2) is 4.98 Å². The molecule has 0 bridgehead atoms. The Morgan fingerprint density at radius 1 is 1.46 bits per heavy atom. The Morgan fingerprint density at radius 3 is 3.04 bits per heavy atom. The molecule has 1 atom stereocenters. The Bertz CT molecular complexity index is 798. The van der Waals surface area contributed by atoms with Crippen molar-refractivity contribution in [2.75, 3.05) is 13.2 Å². The SMILES string of the molecule is Cc1csc([C@@H](C#N)C=NCc2cc(Cl)c3c(c2)OCCCO3)n1. The van der Waals surface area contributed by atoms with E-state index >= 15 is 0 Å². The number of aryl methyl sites for hydroxylation is 1. The Hall–Kier alpha value is -2.10. The zero-order chi connectivity index (χ0) is 16.9. The van der Waals surface area contributed by atoms with Gasteiger partial charge in [-0.05, 0) is 24.6 Å². The predicted molar refractivity (Wildman–Crippen MR) is 94.5 cm³/mol. The quantitative estimate of drug-likeness (QED) is 0.767. The minimum atomic E-state index is -0.431. The lowest BCUT2D eigenvalue weighted by Crippen LogP contribution is -1.98. The predicted octanol–water partition coefficient (Wildman–Crippen LogP) is 4.14. The molecule has 0 N–H and O–H groups in total. The van der Waals surface area contributed by atoms with Crippen LogP contribution in [-0.2, 0) is 6.54 Å². The molecule has 7 heteroatoms. The van der Waals surface area contributed by atoms with Crippen LogP contribution in [0.3, 0.4) is 0 Å². The van der Waals surface area contributed by atoms with Gasteiger partial charge in [0.05, 0.1) is 30.9 Å². The fourth-order valence-electron chi connectivity index (χ4n) is 2.31. The van der Waals surface area contributed by atoms with Gasteiger partial charge in [0.1, 0.15) is 10.9 Å². The molecule has 5 nitrogen and oxygen atoms in total. The lowest BCUT2D eigenvalue weighted by atomic mass is 10.2. The van der Waals surface area contributed by atoms with E-state index in [0.29, 0.717) is 36.3 Å². The highest BCUT2D eigenvalue weighted by molar-refractivity contribution is 7.09. The minimum absolute atomic E-state index is 0.416. The molecule has 0 radical (unpaired) electrons. The number of halogens is 1. The zero-order valence-corrected chi connectivity index (χ0v) is 14.7. The summed E-state index contributed by atoms with van der Waals surface area (Å²) in [5.41, 5.74) is 1.82. The summed E-state index contributed by atoms with van der Waals surface area (Å²) in [6, 6.07) is 5.92. The Labute approximate surface area is 149 Å². The number of benzene rings is 1. The molecule has 0 saturated heterocycles. The third-order valence-corrected chi connectivity index (χ3v) is 4.76. The van der Waals surface area contributed by atoms with Crippen molar-refractivity contribution in [3.8, 4) is 17.6 Å². The van der Waals surface area contributed by atoms with Gasteiger partial charge in [-0.2, -0.15) is 5.26 Å². The summed E-state index contributed by atoms with van der Waals surface area (Å²) in [5, 5.41) is 12.5. The van der Waals surface area contributed by atoms with Gasteiger partial charge in [-0.1, -0.05) is 11.6 Å². The van der Waals surface area contributed by atoms with Gasteiger partial charge in [0.15, 0.2) is 11.5 Å². The molecule has 1 aromatic heterocycles. The first-order valence-electron chi connectivity index (χ1n) is 7.57. The molecular weight excluding hydrogens is 346 g/mol. The fraction of sp³-hybridized carbons (Fsp3) is 0.353. The number of nitrogens with zero attached hydrogens (tertiary/aromatic N) is 3. The van der Waals surface area contributed by atoms with E-state index in [4.69, 9.17) is 21.1 Å². The molecule has 1 aliphatic rings. The van der Waals surface area contributed by atoms with Crippen molar-refractivity contribution in [3.05, 3.63) is 38.8 Å². The van der Waals surface area contributed by atoms with E-state index < -0.39 is 5.92 Å². The highest BCUT2D eigenvalue weighted by Crippen LogP contribution is 2.38. The molecule has 2 heterocycles. The summed E-state index contributed by atoms with van der Waals surface area (Å²) in [6.07, 6.45) is 2.46. The topological polar surface area (TPSA) is 67.5 Å². The zero-order valence-electron chi connectivity index (χ0n) is 13.2. The van der Waals surface area contributed by atoms with E-state index in [1.807, 2.05) is 24.4 Å².